The second-order valence-electron chi connectivity index (χ2n) is 5.12. The maximum atomic E-state index is 12.2. The molecular formula is C17H22N2OS. The summed E-state index contributed by atoms with van der Waals surface area (Å²) in [5, 5.41) is 5.19. The summed E-state index contributed by atoms with van der Waals surface area (Å²) in [6, 6.07) is 12.0. The van der Waals surface area contributed by atoms with Crippen LogP contribution in [0.15, 0.2) is 41.8 Å². The second kappa shape index (κ2) is 7.84. The molecule has 2 rings (SSSR count). The summed E-state index contributed by atoms with van der Waals surface area (Å²) < 4.78 is 0. The number of benzene rings is 1. The fourth-order valence-corrected chi connectivity index (χ4v) is 3.15. The van der Waals surface area contributed by atoms with Crippen LogP contribution in [0.25, 0.3) is 0 Å². The van der Waals surface area contributed by atoms with E-state index in [1.54, 1.807) is 11.3 Å². The number of nitrogens with two attached hydrogens (primary N) is 1. The Bertz CT molecular complexity index is 566. The van der Waals surface area contributed by atoms with Crippen LogP contribution in [0.4, 0.5) is 5.69 Å². The molecule has 1 heterocycles. The highest BCUT2D eigenvalue weighted by Crippen LogP contribution is 2.23. The van der Waals surface area contributed by atoms with E-state index in [0.29, 0.717) is 12.8 Å². The van der Waals surface area contributed by atoms with Crippen molar-refractivity contribution in [2.24, 2.45) is 0 Å². The summed E-state index contributed by atoms with van der Waals surface area (Å²) in [6.07, 6.45) is 3.18. The Balaban J connectivity index is 1.89. The normalized spacial score (nSPS) is 12.0. The first-order chi connectivity index (χ1) is 10.2. The first-order valence-electron chi connectivity index (χ1n) is 7.37. The second-order valence-corrected chi connectivity index (χ2v) is 6.10. The molecule has 3 N–H and O–H groups in total. The van der Waals surface area contributed by atoms with E-state index in [1.807, 2.05) is 30.3 Å². The number of rotatable bonds is 7. The van der Waals surface area contributed by atoms with Gasteiger partial charge in [0.25, 0.3) is 0 Å². The average molecular weight is 302 g/mol. The van der Waals surface area contributed by atoms with Gasteiger partial charge in [-0.2, -0.15) is 0 Å². The van der Waals surface area contributed by atoms with Crippen LogP contribution < -0.4 is 11.1 Å². The zero-order valence-corrected chi connectivity index (χ0v) is 13.2. The molecule has 0 bridgehead atoms. The number of hydrogen-bond donors (Lipinski definition) is 2. The van der Waals surface area contributed by atoms with Gasteiger partial charge in [0, 0.05) is 17.0 Å². The third-order valence-corrected chi connectivity index (χ3v) is 4.46. The fourth-order valence-electron chi connectivity index (χ4n) is 2.34. The lowest BCUT2D eigenvalue weighted by Crippen LogP contribution is -2.28. The fraction of sp³-hybridized carbons (Fsp3) is 0.353. The number of carbonyl (C=O) groups is 1. The monoisotopic (exact) mass is 302 g/mol. The Morgan fingerprint density at radius 3 is 2.76 bits per heavy atom. The molecule has 21 heavy (non-hydrogen) atoms. The Morgan fingerprint density at radius 2 is 2.10 bits per heavy atom. The van der Waals surface area contributed by atoms with Crippen LogP contribution in [0.2, 0.25) is 0 Å². The predicted molar refractivity (Wildman–Crippen MR) is 89.3 cm³/mol. The molecule has 3 nitrogen and oxygen atoms in total. The summed E-state index contributed by atoms with van der Waals surface area (Å²) in [5.41, 5.74) is 7.70. The molecule has 1 unspecified atom stereocenters. The number of hydrogen-bond acceptors (Lipinski definition) is 3. The van der Waals surface area contributed by atoms with Crippen LogP contribution in [-0.4, -0.2) is 5.91 Å². The van der Waals surface area contributed by atoms with Gasteiger partial charge in [0.1, 0.15) is 0 Å². The minimum atomic E-state index is 0.0881. The number of para-hydroxylation sites is 1. The van der Waals surface area contributed by atoms with Crippen LogP contribution in [0.3, 0.4) is 0 Å². The molecule has 0 spiro atoms. The molecule has 1 aromatic carbocycles. The minimum absolute atomic E-state index is 0.0881. The van der Waals surface area contributed by atoms with Crippen molar-refractivity contribution in [1.82, 2.24) is 5.32 Å². The summed E-state index contributed by atoms with van der Waals surface area (Å²) in [5.74, 6) is 0.0881. The summed E-state index contributed by atoms with van der Waals surface area (Å²) in [7, 11) is 0. The molecule has 4 heteroatoms. The maximum absolute atomic E-state index is 12.2. The van der Waals surface area contributed by atoms with Crippen LogP contribution in [0.1, 0.15) is 42.7 Å². The van der Waals surface area contributed by atoms with Crippen molar-refractivity contribution >= 4 is 22.9 Å². The zero-order chi connectivity index (χ0) is 15.1. The van der Waals surface area contributed by atoms with E-state index < -0.39 is 0 Å². The van der Waals surface area contributed by atoms with Crippen molar-refractivity contribution in [3.05, 3.63) is 52.2 Å². The molecule has 0 aliphatic heterocycles. The van der Waals surface area contributed by atoms with E-state index in [-0.39, 0.29) is 11.9 Å². The van der Waals surface area contributed by atoms with E-state index >= 15 is 0 Å². The molecular weight excluding hydrogens is 280 g/mol. The van der Waals surface area contributed by atoms with E-state index in [9.17, 15) is 4.79 Å². The van der Waals surface area contributed by atoms with Crippen LogP contribution in [0.5, 0.6) is 0 Å². The van der Waals surface area contributed by atoms with Crippen LogP contribution >= 0.6 is 11.3 Å². The van der Waals surface area contributed by atoms with Gasteiger partial charge in [0.2, 0.25) is 5.91 Å². The van der Waals surface area contributed by atoms with Gasteiger partial charge in [0.05, 0.1) is 6.04 Å². The predicted octanol–water partition coefficient (Wildman–Crippen LogP) is 3.92. The van der Waals surface area contributed by atoms with Crippen molar-refractivity contribution in [1.29, 1.82) is 0 Å². The Labute approximate surface area is 130 Å². The maximum Gasteiger partial charge on any atom is 0.220 e. The third kappa shape index (κ3) is 4.60. The van der Waals surface area contributed by atoms with Crippen molar-refractivity contribution in [2.45, 2.75) is 38.6 Å². The van der Waals surface area contributed by atoms with Gasteiger partial charge in [-0.3, -0.25) is 4.79 Å². The first kappa shape index (κ1) is 15.6. The number of thiophene rings is 1. The first-order valence-corrected chi connectivity index (χ1v) is 8.24. The number of aryl methyl sites for hydroxylation is 1. The molecule has 0 radical (unpaired) electrons. The Morgan fingerprint density at radius 1 is 1.29 bits per heavy atom. The quantitative estimate of drug-likeness (QED) is 0.762. The molecule has 1 amide bonds. The number of amides is 1. The SMILES string of the molecule is CCCC(NC(=O)CCc1ccccc1N)c1cccs1. The molecule has 0 aliphatic carbocycles. The molecule has 1 aromatic heterocycles. The smallest absolute Gasteiger partial charge is 0.220 e. The summed E-state index contributed by atoms with van der Waals surface area (Å²) in [6.45, 7) is 2.14. The van der Waals surface area contributed by atoms with Crippen molar-refractivity contribution in [2.75, 3.05) is 5.73 Å². The number of nitrogens with one attached hydrogen (secondary N) is 1. The lowest BCUT2D eigenvalue weighted by molar-refractivity contribution is -0.121. The van der Waals surface area contributed by atoms with E-state index in [2.05, 4.69) is 23.7 Å². The molecule has 0 aliphatic rings. The highest BCUT2D eigenvalue weighted by Gasteiger charge is 2.14. The molecule has 112 valence electrons. The topological polar surface area (TPSA) is 55.1 Å². The van der Waals surface area contributed by atoms with Crippen molar-refractivity contribution in [3.63, 3.8) is 0 Å². The van der Waals surface area contributed by atoms with Gasteiger partial charge in [-0.1, -0.05) is 37.6 Å². The van der Waals surface area contributed by atoms with Gasteiger partial charge in [-0.25, -0.2) is 0 Å². The summed E-state index contributed by atoms with van der Waals surface area (Å²) >= 11 is 1.70. The Hall–Kier alpha value is -1.81. The standard InChI is InChI=1S/C17H22N2OS/c1-2-6-15(16-9-5-12-21-16)19-17(20)11-10-13-7-3-4-8-14(13)18/h3-5,7-9,12,15H,2,6,10-11,18H2,1H3,(H,19,20). The van der Waals surface area contributed by atoms with Gasteiger partial charge in [0.15, 0.2) is 0 Å². The minimum Gasteiger partial charge on any atom is -0.399 e. The molecule has 0 fully saturated rings. The molecule has 0 saturated heterocycles. The highest BCUT2D eigenvalue weighted by molar-refractivity contribution is 7.10. The summed E-state index contributed by atoms with van der Waals surface area (Å²) in [4.78, 5) is 13.4. The number of nitrogen functional groups attached to an aromatic ring is 1. The Kier molecular flexibility index (Phi) is 5.81. The number of anilines is 1. The van der Waals surface area contributed by atoms with Gasteiger partial charge < -0.3 is 11.1 Å². The van der Waals surface area contributed by atoms with Crippen molar-refractivity contribution in [3.8, 4) is 0 Å². The van der Waals surface area contributed by atoms with E-state index in [0.717, 1.165) is 24.1 Å². The largest absolute Gasteiger partial charge is 0.399 e. The van der Waals surface area contributed by atoms with Gasteiger partial charge >= 0.3 is 0 Å². The average Bonchev–Trinajstić information content (AvgIpc) is 3.00. The highest BCUT2D eigenvalue weighted by atomic mass is 32.1. The third-order valence-electron chi connectivity index (χ3n) is 3.48. The molecule has 0 saturated carbocycles. The van der Waals surface area contributed by atoms with Crippen LogP contribution in [-0.2, 0) is 11.2 Å². The van der Waals surface area contributed by atoms with Gasteiger partial charge in [-0.15, -0.1) is 11.3 Å². The van der Waals surface area contributed by atoms with E-state index in [1.165, 1.54) is 4.88 Å². The lowest BCUT2D eigenvalue weighted by Gasteiger charge is -2.17. The van der Waals surface area contributed by atoms with E-state index in [4.69, 9.17) is 5.73 Å². The zero-order valence-electron chi connectivity index (χ0n) is 12.3. The number of carbonyl (C=O) groups excluding carboxylic acids is 1. The molecule has 1 atom stereocenters. The van der Waals surface area contributed by atoms with Crippen LogP contribution in [0, 0.1) is 0 Å². The van der Waals surface area contributed by atoms with Gasteiger partial charge in [-0.05, 0) is 35.9 Å². The lowest BCUT2D eigenvalue weighted by atomic mass is 10.1. The van der Waals surface area contributed by atoms with Crippen molar-refractivity contribution < 1.29 is 4.79 Å². The molecule has 2 aromatic rings.